The molecular formula is C17H26FNO4Si. The number of hydrogen-bond donors (Lipinski definition) is 2. The quantitative estimate of drug-likeness (QED) is 0.735. The lowest BCUT2D eigenvalue weighted by molar-refractivity contribution is -0.139. The van der Waals surface area contributed by atoms with Crippen LogP contribution in [-0.4, -0.2) is 37.9 Å². The predicted octanol–water partition coefficient (Wildman–Crippen LogP) is 3.42. The lowest BCUT2D eigenvalue weighted by Crippen LogP contribution is -2.44. The lowest BCUT2D eigenvalue weighted by Gasteiger charge is -2.36. The SMILES string of the molecule is CC(C)(C)[Si](C)(C)OCC[C@@H](NC(=O)c1ccc(F)cc1)C(=O)O. The van der Waals surface area contributed by atoms with Crippen LogP contribution in [0.5, 0.6) is 0 Å². The number of carbonyl (C=O) groups excluding carboxylic acids is 1. The van der Waals surface area contributed by atoms with Crippen LogP contribution in [0.15, 0.2) is 24.3 Å². The number of amides is 1. The molecule has 0 radical (unpaired) electrons. The van der Waals surface area contributed by atoms with Gasteiger partial charge in [-0.3, -0.25) is 4.79 Å². The predicted molar refractivity (Wildman–Crippen MR) is 93.1 cm³/mol. The Kier molecular flexibility index (Phi) is 6.68. The summed E-state index contributed by atoms with van der Waals surface area (Å²) in [4.78, 5) is 23.4. The van der Waals surface area contributed by atoms with Crippen LogP contribution in [0.25, 0.3) is 0 Å². The van der Waals surface area contributed by atoms with Gasteiger partial charge in [0, 0.05) is 18.6 Å². The number of rotatable bonds is 7. The third-order valence-corrected chi connectivity index (χ3v) is 8.92. The number of carboxylic acid groups (broad SMARTS) is 1. The van der Waals surface area contributed by atoms with Crippen LogP contribution >= 0.6 is 0 Å². The highest BCUT2D eigenvalue weighted by Crippen LogP contribution is 2.36. The molecule has 0 heterocycles. The molecule has 0 saturated carbocycles. The Morgan fingerprint density at radius 2 is 1.79 bits per heavy atom. The molecule has 0 aliphatic heterocycles. The van der Waals surface area contributed by atoms with Gasteiger partial charge in [-0.1, -0.05) is 20.8 Å². The summed E-state index contributed by atoms with van der Waals surface area (Å²) in [6, 6.07) is 3.90. The lowest BCUT2D eigenvalue weighted by atomic mass is 10.1. The minimum absolute atomic E-state index is 0.0308. The first-order chi connectivity index (χ1) is 10.9. The van der Waals surface area contributed by atoms with Gasteiger partial charge in [-0.2, -0.15) is 0 Å². The average molecular weight is 355 g/mol. The molecule has 0 spiro atoms. The van der Waals surface area contributed by atoms with Crippen molar-refractivity contribution in [1.82, 2.24) is 5.32 Å². The minimum atomic E-state index is -1.96. The second-order valence-corrected chi connectivity index (χ2v) is 12.1. The summed E-state index contributed by atoms with van der Waals surface area (Å²) in [5.41, 5.74) is 0.216. The van der Waals surface area contributed by atoms with Crippen LogP contribution in [0.2, 0.25) is 18.1 Å². The van der Waals surface area contributed by atoms with Crippen molar-refractivity contribution in [2.45, 2.75) is 51.4 Å². The van der Waals surface area contributed by atoms with Gasteiger partial charge in [0.25, 0.3) is 5.91 Å². The fourth-order valence-electron chi connectivity index (χ4n) is 1.75. The molecule has 0 bridgehead atoms. The first-order valence-electron chi connectivity index (χ1n) is 7.87. The van der Waals surface area contributed by atoms with E-state index in [9.17, 15) is 19.1 Å². The van der Waals surface area contributed by atoms with Gasteiger partial charge in [0.05, 0.1) is 0 Å². The molecule has 2 N–H and O–H groups in total. The highest BCUT2D eigenvalue weighted by molar-refractivity contribution is 6.74. The topological polar surface area (TPSA) is 75.6 Å². The van der Waals surface area contributed by atoms with Crippen molar-refractivity contribution in [2.24, 2.45) is 0 Å². The molecule has 134 valence electrons. The van der Waals surface area contributed by atoms with E-state index in [0.717, 1.165) is 12.1 Å². The van der Waals surface area contributed by atoms with Gasteiger partial charge >= 0.3 is 5.97 Å². The van der Waals surface area contributed by atoms with Gasteiger partial charge in [-0.05, 0) is 42.4 Å². The van der Waals surface area contributed by atoms with Crippen molar-refractivity contribution < 1.29 is 23.5 Å². The maximum absolute atomic E-state index is 12.9. The summed E-state index contributed by atoms with van der Waals surface area (Å²) in [6.45, 7) is 10.7. The molecule has 0 aromatic heterocycles. The molecule has 0 saturated heterocycles. The largest absolute Gasteiger partial charge is 0.480 e. The highest BCUT2D eigenvalue weighted by Gasteiger charge is 2.37. The molecule has 0 fully saturated rings. The number of carboxylic acids is 1. The smallest absolute Gasteiger partial charge is 0.326 e. The normalized spacial score (nSPS) is 13.4. The Labute approximate surface area is 143 Å². The second-order valence-electron chi connectivity index (χ2n) is 7.27. The van der Waals surface area contributed by atoms with E-state index < -0.39 is 32.1 Å². The molecule has 0 aliphatic rings. The summed E-state index contributed by atoms with van der Waals surface area (Å²) in [7, 11) is -1.96. The monoisotopic (exact) mass is 355 g/mol. The standard InChI is InChI=1S/C17H26FNO4Si/c1-17(2,3)24(4,5)23-11-10-14(16(21)22)19-15(20)12-6-8-13(18)9-7-12/h6-9,14H,10-11H2,1-5H3,(H,19,20)(H,21,22)/t14-/m1/s1. The van der Waals surface area contributed by atoms with E-state index in [2.05, 4.69) is 39.2 Å². The van der Waals surface area contributed by atoms with Gasteiger partial charge in [-0.25, -0.2) is 9.18 Å². The van der Waals surface area contributed by atoms with E-state index in [1.807, 2.05) is 0 Å². The van der Waals surface area contributed by atoms with Gasteiger partial charge in [-0.15, -0.1) is 0 Å². The Bertz CT molecular complexity index is 581. The maximum atomic E-state index is 12.9. The zero-order valence-electron chi connectivity index (χ0n) is 14.9. The molecular weight excluding hydrogens is 329 g/mol. The molecule has 1 aromatic rings. The summed E-state index contributed by atoms with van der Waals surface area (Å²) in [5, 5.41) is 11.8. The van der Waals surface area contributed by atoms with E-state index in [4.69, 9.17) is 4.43 Å². The minimum Gasteiger partial charge on any atom is -0.480 e. The number of benzene rings is 1. The van der Waals surface area contributed by atoms with Gasteiger partial charge in [0.2, 0.25) is 0 Å². The molecule has 5 nitrogen and oxygen atoms in total. The van der Waals surface area contributed by atoms with Crippen molar-refractivity contribution in [3.63, 3.8) is 0 Å². The Morgan fingerprint density at radius 3 is 2.25 bits per heavy atom. The summed E-state index contributed by atoms with van der Waals surface area (Å²) < 4.78 is 18.8. The van der Waals surface area contributed by atoms with Crippen LogP contribution in [0.1, 0.15) is 37.6 Å². The number of nitrogens with one attached hydrogen (secondary N) is 1. The molecule has 1 atom stereocenters. The summed E-state index contributed by atoms with van der Waals surface area (Å²) >= 11 is 0. The van der Waals surface area contributed by atoms with E-state index in [1.54, 1.807) is 0 Å². The molecule has 24 heavy (non-hydrogen) atoms. The van der Waals surface area contributed by atoms with Crippen LogP contribution in [0, 0.1) is 5.82 Å². The Morgan fingerprint density at radius 1 is 1.25 bits per heavy atom. The maximum Gasteiger partial charge on any atom is 0.326 e. The van der Waals surface area contributed by atoms with Crippen molar-refractivity contribution in [3.8, 4) is 0 Å². The average Bonchev–Trinajstić information content (AvgIpc) is 2.45. The van der Waals surface area contributed by atoms with E-state index in [-0.39, 0.29) is 23.6 Å². The summed E-state index contributed by atoms with van der Waals surface area (Å²) in [5.74, 6) is -2.12. The molecule has 1 rings (SSSR count). The summed E-state index contributed by atoms with van der Waals surface area (Å²) in [6.07, 6.45) is 0.175. The second kappa shape index (κ2) is 7.89. The van der Waals surface area contributed by atoms with Gasteiger partial charge in [0.15, 0.2) is 8.32 Å². The van der Waals surface area contributed by atoms with Crippen LogP contribution < -0.4 is 5.32 Å². The first-order valence-corrected chi connectivity index (χ1v) is 10.8. The molecule has 0 aliphatic carbocycles. The fraction of sp³-hybridized carbons (Fsp3) is 0.529. The van der Waals surface area contributed by atoms with Crippen molar-refractivity contribution in [2.75, 3.05) is 6.61 Å². The van der Waals surface area contributed by atoms with Gasteiger partial charge < -0.3 is 14.8 Å². The highest BCUT2D eigenvalue weighted by atomic mass is 28.4. The molecule has 7 heteroatoms. The van der Waals surface area contributed by atoms with E-state index in [1.165, 1.54) is 12.1 Å². The van der Waals surface area contributed by atoms with Crippen LogP contribution in [0.3, 0.4) is 0 Å². The fourth-order valence-corrected chi connectivity index (χ4v) is 2.81. The third kappa shape index (κ3) is 5.72. The zero-order chi connectivity index (χ0) is 18.5. The van der Waals surface area contributed by atoms with Crippen molar-refractivity contribution in [3.05, 3.63) is 35.6 Å². The molecule has 1 aromatic carbocycles. The van der Waals surface area contributed by atoms with E-state index >= 15 is 0 Å². The number of hydrogen-bond acceptors (Lipinski definition) is 3. The Balaban J connectivity index is 2.63. The number of halogens is 1. The van der Waals surface area contributed by atoms with Crippen molar-refractivity contribution >= 4 is 20.2 Å². The van der Waals surface area contributed by atoms with E-state index in [0.29, 0.717) is 0 Å². The zero-order valence-corrected chi connectivity index (χ0v) is 15.9. The molecule has 1 amide bonds. The van der Waals surface area contributed by atoms with Crippen molar-refractivity contribution in [1.29, 1.82) is 0 Å². The van der Waals surface area contributed by atoms with Gasteiger partial charge in [0.1, 0.15) is 11.9 Å². The number of aliphatic carboxylic acids is 1. The first kappa shape index (κ1) is 20.3. The molecule has 0 unspecified atom stereocenters. The van der Waals surface area contributed by atoms with Crippen LogP contribution in [-0.2, 0) is 9.22 Å². The Hall–Kier alpha value is -1.73. The number of carbonyl (C=O) groups is 2. The van der Waals surface area contributed by atoms with Crippen LogP contribution in [0.4, 0.5) is 4.39 Å². The third-order valence-electron chi connectivity index (χ3n) is 4.39.